The van der Waals surface area contributed by atoms with Crippen molar-refractivity contribution in [3.8, 4) is 0 Å². The molecule has 1 unspecified atom stereocenters. The highest BCUT2D eigenvalue weighted by Gasteiger charge is 2.25. The van der Waals surface area contributed by atoms with E-state index in [1.807, 2.05) is 24.3 Å². The molecule has 0 saturated carbocycles. The Labute approximate surface area is 187 Å². The van der Waals surface area contributed by atoms with E-state index in [9.17, 15) is 14.0 Å². The second-order valence-electron chi connectivity index (χ2n) is 7.02. The first-order valence-electron chi connectivity index (χ1n) is 10.1. The van der Waals surface area contributed by atoms with Gasteiger partial charge in [0.2, 0.25) is 11.8 Å². The predicted molar refractivity (Wildman–Crippen MR) is 121 cm³/mol. The van der Waals surface area contributed by atoms with Crippen molar-refractivity contribution in [3.05, 3.63) is 64.9 Å². The molecule has 0 aromatic heterocycles. The summed E-state index contributed by atoms with van der Waals surface area (Å²) in [6.07, 6.45) is 2.16. The molecule has 0 saturated heterocycles. The minimum absolute atomic E-state index is 0.112. The first kappa shape index (κ1) is 24.2. The van der Waals surface area contributed by atoms with Crippen LogP contribution in [-0.2, 0) is 16.1 Å². The Balaban J connectivity index is 2.02. The van der Waals surface area contributed by atoms with Gasteiger partial charge >= 0.3 is 0 Å². The summed E-state index contributed by atoms with van der Waals surface area (Å²) in [6.45, 7) is 4.63. The molecule has 7 heteroatoms. The molecule has 2 amide bonds. The lowest BCUT2D eigenvalue weighted by Gasteiger charge is -2.29. The average Bonchev–Trinajstić information content (AvgIpc) is 2.74. The van der Waals surface area contributed by atoms with Gasteiger partial charge in [-0.1, -0.05) is 37.1 Å². The van der Waals surface area contributed by atoms with E-state index in [4.69, 9.17) is 11.6 Å². The molecule has 0 bridgehead atoms. The summed E-state index contributed by atoms with van der Waals surface area (Å²) in [5.41, 5.74) is 0.781. The van der Waals surface area contributed by atoms with Crippen LogP contribution in [0.25, 0.3) is 0 Å². The van der Waals surface area contributed by atoms with Gasteiger partial charge in [0, 0.05) is 35.2 Å². The first-order valence-corrected chi connectivity index (χ1v) is 11.5. The molecule has 2 rings (SSSR count). The molecule has 2 aromatic carbocycles. The fourth-order valence-corrected chi connectivity index (χ4v) is 3.80. The van der Waals surface area contributed by atoms with Gasteiger partial charge in [0.15, 0.2) is 0 Å². The van der Waals surface area contributed by atoms with Crippen LogP contribution in [-0.4, -0.2) is 35.1 Å². The minimum atomic E-state index is -0.611. The molecule has 30 heavy (non-hydrogen) atoms. The molecular weight excluding hydrogens is 423 g/mol. The Morgan fingerprint density at radius 2 is 1.80 bits per heavy atom. The van der Waals surface area contributed by atoms with E-state index in [1.54, 1.807) is 35.7 Å². The highest BCUT2D eigenvalue weighted by molar-refractivity contribution is 7.99. The molecule has 0 aliphatic carbocycles. The van der Waals surface area contributed by atoms with Gasteiger partial charge in [-0.25, -0.2) is 4.39 Å². The number of carbonyl (C=O) groups is 2. The number of nitrogens with one attached hydrogen (secondary N) is 1. The summed E-state index contributed by atoms with van der Waals surface area (Å²) in [6, 6.07) is 12.8. The van der Waals surface area contributed by atoms with E-state index in [-0.39, 0.29) is 24.2 Å². The van der Waals surface area contributed by atoms with Crippen molar-refractivity contribution in [3.63, 3.8) is 0 Å². The van der Waals surface area contributed by atoms with E-state index in [0.717, 1.165) is 23.3 Å². The molecule has 4 nitrogen and oxygen atoms in total. The van der Waals surface area contributed by atoms with E-state index in [1.165, 1.54) is 12.1 Å². The zero-order valence-electron chi connectivity index (χ0n) is 17.4. The Morgan fingerprint density at radius 3 is 2.43 bits per heavy atom. The third-order valence-electron chi connectivity index (χ3n) is 4.66. The summed E-state index contributed by atoms with van der Waals surface area (Å²) >= 11 is 7.47. The van der Waals surface area contributed by atoms with Crippen molar-refractivity contribution in [1.82, 2.24) is 10.2 Å². The second-order valence-corrected chi connectivity index (χ2v) is 8.63. The van der Waals surface area contributed by atoms with Crippen molar-refractivity contribution in [1.29, 1.82) is 0 Å². The van der Waals surface area contributed by atoms with Gasteiger partial charge in [-0.2, -0.15) is 0 Å². The number of carbonyl (C=O) groups excluding carboxylic acids is 2. The number of amides is 2. The molecule has 162 valence electrons. The monoisotopic (exact) mass is 450 g/mol. The number of thioether (sulfide) groups is 1. The number of rotatable bonds is 11. The van der Waals surface area contributed by atoms with Crippen LogP contribution in [0.4, 0.5) is 4.39 Å². The van der Waals surface area contributed by atoms with Crippen LogP contribution in [0.1, 0.15) is 38.7 Å². The zero-order valence-corrected chi connectivity index (χ0v) is 18.9. The molecule has 0 spiro atoms. The maximum Gasteiger partial charge on any atom is 0.242 e. The highest BCUT2D eigenvalue weighted by atomic mass is 35.5. The third kappa shape index (κ3) is 8.00. The predicted octanol–water partition coefficient (Wildman–Crippen LogP) is 5.29. The highest BCUT2D eigenvalue weighted by Crippen LogP contribution is 2.22. The van der Waals surface area contributed by atoms with Crippen LogP contribution < -0.4 is 5.32 Å². The number of nitrogens with zero attached hydrogens (tertiary/aromatic N) is 1. The quantitative estimate of drug-likeness (QED) is 0.373. The average molecular weight is 451 g/mol. The van der Waals surface area contributed by atoms with E-state index in [2.05, 4.69) is 12.2 Å². The largest absolute Gasteiger partial charge is 0.354 e. The third-order valence-corrected chi connectivity index (χ3v) is 5.93. The smallest absolute Gasteiger partial charge is 0.242 e. The maximum atomic E-state index is 13.2. The lowest BCUT2D eigenvalue weighted by atomic mass is 10.1. The van der Waals surface area contributed by atoms with Crippen molar-refractivity contribution in [2.24, 2.45) is 0 Å². The molecular formula is C23H28ClFN2O2S. The number of halogens is 2. The summed E-state index contributed by atoms with van der Waals surface area (Å²) < 4.78 is 13.2. The maximum absolute atomic E-state index is 13.2. The van der Waals surface area contributed by atoms with Gasteiger partial charge < -0.3 is 10.2 Å². The number of unbranched alkanes of at least 4 members (excludes halogenated alkanes) is 1. The molecule has 0 aliphatic rings. The molecule has 0 fully saturated rings. The fraction of sp³-hybridized carbons (Fsp3) is 0.391. The van der Waals surface area contributed by atoms with Gasteiger partial charge in [-0.05, 0) is 55.3 Å². The number of hydrogen-bond acceptors (Lipinski definition) is 3. The van der Waals surface area contributed by atoms with E-state index < -0.39 is 6.04 Å². The van der Waals surface area contributed by atoms with Crippen LogP contribution >= 0.6 is 23.4 Å². The van der Waals surface area contributed by atoms with E-state index >= 15 is 0 Å². The second kappa shape index (κ2) is 12.6. The van der Waals surface area contributed by atoms with Crippen LogP contribution in [0.5, 0.6) is 0 Å². The van der Waals surface area contributed by atoms with Crippen molar-refractivity contribution < 1.29 is 14.0 Å². The Kier molecular flexibility index (Phi) is 10.2. The molecule has 0 radical (unpaired) electrons. The summed E-state index contributed by atoms with van der Waals surface area (Å²) in [5.74, 6) is -0.0329. The summed E-state index contributed by atoms with van der Waals surface area (Å²) in [4.78, 5) is 28.1. The SMILES string of the molecule is CCCCNC(=O)C(C)N(Cc1ccc(F)cc1)C(=O)CCSc1ccc(Cl)cc1. The van der Waals surface area contributed by atoms with Crippen LogP contribution in [0, 0.1) is 5.82 Å². The molecule has 0 heterocycles. The van der Waals surface area contributed by atoms with Crippen molar-refractivity contribution in [2.75, 3.05) is 12.3 Å². The lowest BCUT2D eigenvalue weighted by molar-refractivity contribution is -0.140. The zero-order chi connectivity index (χ0) is 21.9. The minimum Gasteiger partial charge on any atom is -0.354 e. The van der Waals surface area contributed by atoms with Gasteiger partial charge in [0.05, 0.1) is 0 Å². The molecule has 1 atom stereocenters. The van der Waals surface area contributed by atoms with Crippen molar-refractivity contribution in [2.45, 2.75) is 50.6 Å². The van der Waals surface area contributed by atoms with Crippen LogP contribution in [0.2, 0.25) is 5.02 Å². The van der Waals surface area contributed by atoms with Gasteiger partial charge in [-0.3, -0.25) is 9.59 Å². The Morgan fingerprint density at radius 1 is 1.13 bits per heavy atom. The number of hydrogen-bond donors (Lipinski definition) is 1. The van der Waals surface area contributed by atoms with Crippen molar-refractivity contribution >= 4 is 35.2 Å². The van der Waals surface area contributed by atoms with Gasteiger partial charge in [0.25, 0.3) is 0 Å². The standard InChI is InChI=1S/C23H28ClFN2O2S/c1-3-4-14-26-23(29)17(2)27(16-18-5-9-20(25)10-6-18)22(28)13-15-30-21-11-7-19(24)8-12-21/h5-12,17H,3-4,13-16H2,1-2H3,(H,26,29). The van der Waals surface area contributed by atoms with Crippen LogP contribution in [0.3, 0.4) is 0 Å². The lowest BCUT2D eigenvalue weighted by Crippen LogP contribution is -2.47. The number of benzene rings is 2. The molecule has 0 aliphatic heterocycles. The Bertz CT molecular complexity index is 815. The fourth-order valence-electron chi connectivity index (χ4n) is 2.84. The summed E-state index contributed by atoms with van der Waals surface area (Å²) in [7, 11) is 0. The Hall–Kier alpha value is -2.05. The molecule has 1 N–H and O–H groups in total. The first-order chi connectivity index (χ1) is 14.4. The normalized spacial score (nSPS) is 11.7. The summed E-state index contributed by atoms with van der Waals surface area (Å²) in [5, 5.41) is 3.56. The van der Waals surface area contributed by atoms with Crippen LogP contribution in [0.15, 0.2) is 53.4 Å². The van der Waals surface area contributed by atoms with Gasteiger partial charge in [-0.15, -0.1) is 11.8 Å². The topological polar surface area (TPSA) is 49.4 Å². The van der Waals surface area contributed by atoms with Gasteiger partial charge in [0.1, 0.15) is 11.9 Å². The molecule has 2 aromatic rings. The van der Waals surface area contributed by atoms with E-state index in [0.29, 0.717) is 23.7 Å².